The zero-order valence-electron chi connectivity index (χ0n) is 24.0. The van der Waals surface area contributed by atoms with Crippen molar-refractivity contribution in [3.8, 4) is 0 Å². The largest absolute Gasteiger partial charge is 0.356 e. The van der Waals surface area contributed by atoms with Gasteiger partial charge >= 0.3 is 0 Å². The topological polar surface area (TPSA) is 6.48 Å². The third-order valence-corrected chi connectivity index (χ3v) is 7.87. The smallest absolute Gasteiger partial charge is 0.100 e. The van der Waals surface area contributed by atoms with Crippen LogP contribution >= 0.6 is 0 Å². The standard InChI is InChI=1S/C32H64N2/c1-4-7-9-11-13-14-15-16-17-18-19-20-21-22-23-25-27-29-34-31-30-33(32(34)6-3)28-26-24-12-10-8-5-2/h30-32H,4-29H2,1-3H3. The number of hydrogen-bond donors (Lipinski definition) is 0. The molecule has 1 aliphatic rings. The predicted octanol–water partition coefficient (Wildman–Crippen LogP) is 10.8. The minimum absolute atomic E-state index is 0.622. The Hall–Kier alpha value is -0.660. The molecule has 34 heavy (non-hydrogen) atoms. The lowest BCUT2D eigenvalue weighted by Crippen LogP contribution is -2.38. The molecular formula is C32H64N2. The Morgan fingerprint density at radius 2 is 0.647 bits per heavy atom. The van der Waals surface area contributed by atoms with E-state index >= 15 is 0 Å². The van der Waals surface area contributed by atoms with Crippen LogP contribution in [0.4, 0.5) is 0 Å². The van der Waals surface area contributed by atoms with E-state index in [1.165, 1.54) is 167 Å². The SMILES string of the molecule is CCCCCCCCCCCCCCCCCCCN1C=CN(CCCCCCCC)C1CC. The van der Waals surface area contributed by atoms with Crippen LogP contribution in [0.5, 0.6) is 0 Å². The fraction of sp³-hybridized carbons (Fsp3) is 0.938. The minimum Gasteiger partial charge on any atom is -0.356 e. The molecule has 2 heteroatoms. The first-order chi connectivity index (χ1) is 16.8. The van der Waals surface area contributed by atoms with Crippen molar-refractivity contribution in [2.45, 2.75) is 181 Å². The van der Waals surface area contributed by atoms with Crippen molar-refractivity contribution in [2.24, 2.45) is 0 Å². The van der Waals surface area contributed by atoms with E-state index in [0.29, 0.717) is 6.17 Å². The van der Waals surface area contributed by atoms with Gasteiger partial charge in [0.15, 0.2) is 0 Å². The first kappa shape index (κ1) is 31.4. The van der Waals surface area contributed by atoms with E-state index in [2.05, 4.69) is 43.0 Å². The van der Waals surface area contributed by atoms with E-state index in [1.54, 1.807) is 0 Å². The van der Waals surface area contributed by atoms with Gasteiger partial charge in [-0.2, -0.15) is 0 Å². The zero-order chi connectivity index (χ0) is 24.5. The molecule has 1 unspecified atom stereocenters. The summed E-state index contributed by atoms with van der Waals surface area (Å²) in [6.07, 6.45) is 39.7. The van der Waals surface area contributed by atoms with Crippen molar-refractivity contribution in [3.63, 3.8) is 0 Å². The highest BCUT2D eigenvalue weighted by Gasteiger charge is 2.23. The van der Waals surface area contributed by atoms with Crippen LogP contribution in [0.25, 0.3) is 0 Å². The molecule has 1 aliphatic heterocycles. The Labute approximate surface area is 216 Å². The molecule has 0 saturated heterocycles. The second-order valence-corrected chi connectivity index (χ2v) is 11.1. The van der Waals surface area contributed by atoms with Gasteiger partial charge in [0, 0.05) is 25.5 Å². The Bertz CT molecular complexity index is 433. The lowest BCUT2D eigenvalue weighted by Gasteiger charge is -2.32. The molecule has 0 bridgehead atoms. The summed E-state index contributed by atoms with van der Waals surface area (Å²) in [5.74, 6) is 0. The minimum atomic E-state index is 0.622. The molecule has 0 aliphatic carbocycles. The molecule has 202 valence electrons. The van der Waals surface area contributed by atoms with Crippen molar-refractivity contribution >= 4 is 0 Å². The van der Waals surface area contributed by atoms with Crippen LogP contribution in [0.15, 0.2) is 12.4 Å². The zero-order valence-corrected chi connectivity index (χ0v) is 24.0. The fourth-order valence-electron chi connectivity index (χ4n) is 5.57. The first-order valence-electron chi connectivity index (χ1n) is 16.0. The summed E-state index contributed by atoms with van der Waals surface area (Å²) in [6, 6.07) is 0. The van der Waals surface area contributed by atoms with Crippen molar-refractivity contribution in [2.75, 3.05) is 13.1 Å². The van der Waals surface area contributed by atoms with Crippen molar-refractivity contribution in [3.05, 3.63) is 12.4 Å². The number of rotatable bonds is 26. The van der Waals surface area contributed by atoms with Gasteiger partial charge in [-0.1, -0.05) is 156 Å². The number of unbranched alkanes of at least 4 members (excludes halogenated alkanes) is 21. The molecule has 0 N–H and O–H groups in total. The van der Waals surface area contributed by atoms with Crippen LogP contribution in [-0.2, 0) is 0 Å². The fourth-order valence-corrected chi connectivity index (χ4v) is 5.57. The summed E-state index contributed by atoms with van der Waals surface area (Å²) in [6.45, 7) is 9.46. The predicted molar refractivity (Wildman–Crippen MR) is 154 cm³/mol. The molecule has 0 radical (unpaired) electrons. The highest BCUT2D eigenvalue weighted by Crippen LogP contribution is 2.21. The summed E-state index contributed by atoms with van der Waals surface area (Å²) in [5, 5.41) is 0. The monoisotopic (exact) mass is 477 g/mol. The Morgan fingerprint density at radius 3 is 0.912 bits per heavy atom. The van der Waals surface area contributed by atoms with E-state index in [9.17, 15) is 0 Å². The lowest BCUT2D eigenvalue weighted by atomic mass is 10.0. The van der Waals surface area contributed by atoms with Crippen molar-refractivity contribution in [1.82, 2.24) is 9.80 Å². The maximum Gasteiger partial charge on any atom is 0.100 e. The highest BCUT2D eigenvalue weighted by molar-refractivity contribution is 4.96. The molecule has 1 atom stereocenters. The van der Waals surface area contributed by atoms with Crippen LogP contribution in [-0.4, -0.2) is 29.1 Å². The number of nitrogens with zero attached hydrogens (tertiary/aromatic N) is 2. The van der Waals surface area contributed by atoms with Gasteiger partial charge in [0.1, 0.15) is 6.17 Å². The second kappa shape index (κ2) is 24.1. The molecule has 0 aromatic heterocycles. The Balaban J connectivity index is 1.87. The second-order valence-electron chi connectivity index (χ2n) is 11.1. The van der Waals surface area contributed by atoms with E-state index < -0.39 is 0 Å². The van der Waals surface area contributed by atoms with E-state index in [0.717, 1.165) is 0 Å². The summed E-state index contributed by atoms with van der Waals surface area (Å²) >= 11 is 0. The maximum atomic E-state index is 2.61. The third-order valence-electron chi connectivity index (χ3n) is 7.87. The van der Waals surface area contributed by atoms with Crippen LogP contribution in [0.3, 0.4) is 0 Å². The van der Waals surface area contributed by atoms with Crippen LogP contribution in [0.1, 0.15) is 175 Å². The Kier molecular flexibility index (Phi) is 22.2. The lowest BCUT2D eigenvalue weighted by molar-refractivity contribution is 0.144. The normalized spacial score (nSPS) is 15.7. The molecule has 0 saturated carbocycles. The van der Waals surface area contributed by atoms with Crippen molar-refractivity contribution in [1.29, 1.82) is 0 Å². The maximum absolute atomic E-state index is 2.61. The van der Waals surface area contributed by atoms with Crippen LogP contribution < -0.4 is 0 Å². The van der Waals surface area contributed by atoms with E-state index in [4.69, 9.17) is 0 Å². The van der Waals surface area contributed by atoms with Gasteiger partial charge in [0.2, 0.25) is 0 Å². The molecule has 2 nitrogen and oxygen atoms in total. The molecule has 0 spiro atoms. The summed E-state index contributed by atoms with van der Waals surface area (Å²) in [5.41, 5.74) is 0. The summed E-state index contributed by atoms with van der Waals surface area (Å²) in [4.78, 5) is 5.22. The van der Waals surface area contributed by atoms with Gasteiger partial charge in [0.05, 0.1) is 0 Å². The van der Waals surface area contributed by atoms with E-state index in [1.807, 2.05) is 0 Å². The van der Waals surface area contributed by atoms with Crippen LogP contribution in [0.2, 0.25) is 0 Å². The van der Waals surface area contributed by atoms with Gasteiger partial charge in [-0.05, 0) is 19.3 Å². The van der Waals surface area contributed by atoms with Crippen molar-refractivity contribution < 1.29 is 0 Å². The average molecular weight is 477 g/mol. The van der Waals surface area contributed by atoms with E-state index in [-0.39, 0.29) is 0 Å². The summed E-state index contributed by atoms with van der Waals surface area (Å²) < 4.78 is 0. The van der Waals surface area contributed by atoms with Gasteiger partial charge in [-0.15, -0.1) is 0 Å². The average Bonchev–Trinajstić information content (AvgIpc) is 3.24. The molecular weight excluding hydrogens is 412 g/mol. The quantitative estimate of drug-likeness (QED) is 0.114. The summed E-state index contributed by atoms with van der Waals surface area (Å²) in [7, 11) is 0. The van der Waals surface area contributed by atoms with Gasteiger partial charge in [0.25, 0.3) is 0 Å². The molecule has 1 rings (SSSR count). The first-order valence-corrected chi connectivity index (χ1v) is 16.0. The van der Waals surface area contributed by atoms with Gasteiger partial charge < -0.3 is 9.80 Å². The van der Waals surface area contributed by atoms with Gasteiger partial charge in [-0.3, -0.25) is 0 Å². The highest BCUT2D eigenvalue weighted by atomic mass is 15.4. The number of hydrogen-bond acceptors (Lipinski definition) is 2. The molecule has 0 aromatic rings. The molecule has 0 aromatic carbocycles. The molecule has 0 fully saturated rings. The Morgan fingerprint density at radius 1 is 0.382 bits per heavy atom. The van der Waals surface area contributed by atoms with Crippen LogP contribution in [0, 0.1) is 0 Å². The molecule has 0 amide bonds. The van der Waals surface area contributed by atoms with Gasteiger partial charge in [-0.25, -0.2) is 0 Å². The molecule has 1 heterocycles. The third kappa shape index (κ3) is 16.9.